The maximum absolute atomic E-state index is 5.60. The van der Waals surface area contributed by atoms with Crippen molar-refractivity contribution in [2.45, 2.75) is 6.61 Å². The van der Waals surface area contributed by atoms with E-state index in [1.807, 2.05) is 30.3 Å². The molecule has 2 nitrogen and oxygen atoms in total. The molecule has 0 amide bonds. The van der Waals surface area contributed by atoms with Crippen LogP contribution in [-0.2, 0) is 6.61 Å². The molecule has 0 fully saturated rings. The van der Waals surface area contributed by atoms with Crippen molar-refractivity contribution in [3.05, 3.63) is 60.2 Å². The first-order valence-electron chi connectivity index (χ1n) is 5.02. The molecule has 0 radical (unpaired) electrons. The van der Waals surface area contributed by atoms with Gasteiger partial charge in [-0.05, 0) is 11.6 Å². The lowest BCUT2D eigenvalue weighted by Gasteiger charge is -2.05. The van der Waals surface area contributed by atoms with Crippen LogP contribution in [0.4, 0.5) is 0 Å². The molecule has 0 aliphatic rings. The summed E-state index contributed by atoms with van der Waals surface area (Å²) in [5.41, 5.74) is 1.13. The van der Waals surface area contributed by atoms with Crippen molar-refractivity contribution in [1.29, 1.82) is 0 Å². The van der Waals surface area contributed by atoms with Gasteiger partial charge in [-0.25, -0.2) is 0 Å². The van der Waals surface area contributed by atoms with Crippen molar-refractivity contribution in [1.82, 2.24) is 0 Å². The summed E-state index contributed by atoms with van der Waals surface area (Å²) in [6.45, 7) is 0.543. The van der Waals surface area contributed by atoms with Gasteiger partial charge in [-0.1, -0.05) is 36.4 Å². The second kappa shape index (κ2) is 5.09. The van der Waals surface area contributed by atoms with E-state index in [1.165, 1.54) is 0 Å². The van der Waals surface area contributed by atoms with E-state index in [1.54, 1.807) is 19.2 Å². The summed E-state index contributed by atoms with van der Waals surface area (Å²) in [5.74, 6) is 1.37. The van der Waals surface area contributed by atoms with Gasteiger partial charge in [0.2, 0.25) is 0 Å². The lowest BCUT2D eigenvalue weighted by molar-refractivity contribution is 0.304. The van der Waals surface area contributed by atoms with E-state index in [9.17, 15) is 0 Å². The minimum absolute atomic E-state index is 0.543. The van der Waals surface area contributed by atoms with Gasteiger partial charge in [0.15, 0.2) is 5.75 Å². The Morgan fingerprint density at radius 3 is 2.75 bits per heavy atom. The first-order valence-corrected chi connectivity index (χ1v) is 5.02. The highest BCUT2D eigenvalue weighted by molar-refractivity contribution is 5.28. The van der Waals surface area contributed by atoms with Crippen molar-refractivity contribution in [2.24, 2.45) is 0 Å². The summed E-state index contributed by atoms with van der Waals surface area (Å²) < 4.78 is 10.6. The van der Waals surface area contributed by atoms with Crippen LogP contribution >= 0.6 is 0 Å². The lowest BCUT2D eigenvalue weighted by Crippen LogP contribution is -1.94. The number of methoxy groups -OCH3 is 1. The highest BCUT2D eigenvalue weighted by Crippen LogP contribution is 2.16. The molecule has 0 saturated carbocycles. The van der Waals surface area contributed by atoms with Crippen LogP contribution in [0.3, 0.4) is 0 Å². The molecule has 0 spiro atoms. The van der Waals surface area contributed by atoms with Gasteiger partial charge in [-0.2, -0.15) is 0 Å². The zero-order valence-electron chi connectivity index (χ0n) is 9.07. The van der Waals surface area contributed by atoms with E-state index >= 15 is 0 Å². The first-order chi connectivity index (χ1) is 7.88. The smallest absolute Gasteiger partial charge is 0.173 e. The van der Waals surface area contributed by atoms with Gasteiger partial charge in [0.05, 0.1) is 7.11 Å². The van der Waals surface area contributed by atoms with E-state index in [-0.39, 0.29) is 0 Å². The van der Waals surface area contributed by atoms with Gasteiger partial charge in [-0.3, -0.25) is 0 Å². The second-order valence-electron chi connectivity index (χ2n) is 3.30. The van der Waals surface area contributed by atoms with Crippen molar-refractivity contribution in [3.63, 3.8) is 0 Å². The van der Waals surface area contributed by atoms with Crippen LogP contribution in [0, 0.1) is 12.1 Å². The Kier molecular flexibility index (Phi) is 3.30. The van der Waals surface area contributed by atoms with Crippen LogP contribution < -0.4 is 9.47 Å². The Labute approximate surface area is 95.4 Å². The predicted molar refractivity (Wildman–Crippen MR) is 61.4 cm³/mol. The van der Waals surface area contributed by atoms with E-state index in [0.717, 1.165) is 11.3 Å². The molecule has 0 unspecified atom stereocenters. The van der Waals surface area contributed by atoms with Crippen molar-refractivity contribution in [2.75, 3.05) is 7.11 Å². The fraction of sp³-hybridized carbons (Fsp3) is 0.143. The van der Waals surface area contributed by atoms with Gasteiger partial charge in [0.25, 0.3) is 0 Å². The molecule has 0 heterocycles. The summed E-state index contributed by atoms with van der Waals surface area (Å²) in [6.07, 6.45) is 0. The highest BCUT2D eigenvalue weighted by Gasteiger charge is 1.96. The minimum atomic E-state index is 0.543. The molecule has 0 atom stereocenters. The summed E-state index contributed by atoms with van der Waals surface area (Å²) >= 11 is 0. The van der Waals surface area contributed by atoms with Crippen LogP contribution in [0.1, 0.15) is 5.56 Å². The fourth-order valence-electron chi connectivity index (χ4n) is 1.32. The van der Waals surface area contributed by atoms with Crippen LogP contribution in [0.15, 0.2) is 42.5 Å². The summed E-state index contributed by atoms with van der Waals surface area (Å²) in [4.78, 5) is 0. The largest absolute Gasteiger partial charge is 0.488 e. The topological polar surface area (TPSA) is 18.5 Å². The number of hydrogen-bond donors (Lipinski definition) is 0. The molecule has 0 saturated heterocycles. The molecule has 0 aliphatic heterocycles. The van der Waals surface area contributed by atoms with E-state index in [2.05, 4.69) is 12.1 Å². The summed E-state index contributed by atoms with van der Waals surface area (Å²) in [5, 5.41) is 0. The van der Waals surface area contributed by atoms with E-state index < -0.39 is 0 Å². The Morgan fingerprint density at radius 2 is 2.00 bits per heavy atom. The van der Waals surface area contributed by atoms with Crippen LogP contribution in [0.25, 0.3) is 0 Å². The van der Waals surface area contributed by atoms with Crippen LogP contribution in [0.5, 0.6) is 11.5 Å². The van der Waals surface area contributed by atoms with Crippen molar-refractivity contribution in [3.8, 4) is 11.5 Å². The average Bonchev–Trinajstić information content (AvgIpc) is 2.38. The molecule has 2 rings (SSSR count). The Morgan fingerprint density at radius 1 is 1.19 bits per heavy atom. The molecule has 0 aromatic heterocycles. The molecular formula is C14H12O2. The van der Waals surface area contributed by atoms with E-state index in [0.29, 0.717) is 12.4 Å². The van der Waals surface area contributed by atoms with Crippen molar-refractivity contribution < 1.29 is 9.47 Å². The fourth-order valence-corrected chi connectivity index (χ4v) is 1.32. The molecule has 0 bridgehead atoms. The number of benzene rings is 1. The Balaban J connectivity index is 1.99. The van der Waals surface area contributed by atoms with Crippen LogP contribution in [-0.4, -0.2) is 7.11 Å². The minimum Gasteiger partial charge on any atom is -0.488 e. The Hall–Kier alpha value is -2.14. The molecule has 2 aromatic rings. The maximum Gasteiger partial charge on any atom is 0.173 e. The zero-order chi connectivity index (χ0) is 11.2. The normalized spacial score (nSPS) is 9.31. The number of rotatable bonds is 4. The van der Waals surface area contributed by atoms with Crippen molar-refractivity contribution >= 4 is 0 Å². The molecular weight excluding hydrogens is 200 g/mol. The first kappa shape index (κ1) is 10.4. The molecule has 0 N–H and O–H groups in total. The summed E-state index contributed by atoms with van der Waals surface area (Å²) in [7, 11) is 1.60. The second-order valence-corrected chi connectivity index (χ2v) is 3.30. The average molecular weight is 212 g/mol. The standard InChI is InChI=1S/C14H12O2/c1-15-13-8-5-9-14(10-13)16-11-12-6-3-2-4-7-12/h2-4,6-7,9-10H,11H2,1H3. The third-order valence-corrected chi connectivity index (χ3v) is 2.15. The molecule has 0 aliphatic carbocycles. The lowest BCUT2D eigenvalue weighted by atomic mass is 10.2. The van der Waals surface area contributed by atoms with Gasteiger partial charge in [-0.15, -0.1) is 0 Å². The van der Waals surface area contributed by atoms with E-state index in [4.69, 9.17) is 9.47 Å². The predicted octanol–water partition coefficient (Wildman–Crippen LogP) is 2.87. The molecule has 2 aromatic carbocycles. The number of ether oxygens (including phenoxy) is 2. The quantitative estimate of drug-likeness (QED) is 0.775. The SMILES string of the molecule is COc1c#ccc(OCc2ccccc2)c1. The van der Waals surface area contributed by atoms with Gasteiger partial charge >= 0.3 is 0 Å². The zero-order valence-corrected chi connectivity index (χ0v) is 9.07. The molecule has 2 heteroatoms. The molecule has 16 heavy (non-hydrogen) atoms. The maximum atomic E-state index is 5.60. The molecule has 80 valence electrons. The monoisotopic (exact) mass is 212 g/mol. The van der Waals surface area contributed by atoms with Gasteiger partial charge < -0.3 is 9.47 Å². The third kappa shape index (κ3) is 2.68. The summed E-state index contributed by atoms with van der Waals surface area (Å²) in [6, 6.07) is 19.2. The number of hydrogen-bond acceptors (Lipinski definition) is 2. The van der Waals surface area contributed by atoms with Gasteiger partial charge in [0, 0.05) is 12.1 Å². The Bertz CT molecular complexity index is 437. The third-order valence-electron chi connectivity index (χ3n) is 2.15. The van der Waals surface area contributed by atoms with Crippen LogP contribution in [0.2, 0.25) is 0 Å². The highest BCUT2D eigenvalue weighted by atomic mass is 16.5. The van der Waals surface area contributed by atoms with Gasteiger partial charge in [0.1, 0.15) is 12.4 Å².